The first-order valence-electron chi connectivity index (χ1n) is 6.03. The van der Waals surface area contributed by atoms with E-state index in [1.165, 1.54) is 6.20 Å². The standard InChI is InChI=1S/C15H11NO4/c17-14-11-3-1-2-4-13(11)16(8-12(14)15(18)19)7-10-5-6-20-9-10/h1-6,8-9H,7H2,(H,18,19). The lowest BCUT2D eigenvalue weighted by molar-refractivity contribution is 0.0695. The second-order valence-corrected chi connectivity index (χ2v) is 4.45. The molecule has 100 valence electrons. The van der Waals surface area contributed by atoms with E-state index in [0.29, 0.717) is 17.4 Å². The first kappa shape index (κ1) is 12.2. The van der Waals surface area contributed by atoms with Gasteiger partial charge in [0.15, 0.2) is 0 Å². The van der Waals surface area contributed by atoms with Crippen LogP contribution in [0.5, 0.6) is 0 Å². The van der Waals surface area contributed by atoms with E-state index in [0.717, 1.165) is 5.56 Å². The van der Waals surface area contributed by atoms with Crippen molar-refractivity contribution in [2.75, 3.05) is 0 Å². The molecule has 0 amide bonds. The molecule has 0 atom stereocenters. The number of hydrogen-bond donors (Lipinski definition) is 1. The molecular formula is C15H11NO4. The van der Waals surface area contributed by atoms with E-state index in [-0.39, 0.29) is 5.56 Å². The number of carboxylic acid groups (broad SMARTS) is 1. The predicted octanol–water partition coefficient (Wildman–Crippen LogP) is 2.34. The van der Waals surface area contributed by atoms with Crippen molar-refractivity contribution in [3.05, 3.63) is 70.4 Å². The molecule has 2 aromatic heterocycles. The van der Waals surface area contributed by atoms with Crippen LogP contribution in [0, 0.1) is 0 Å². The van der Waals surface area contributed by atoms with Crippen molar-refractivity contribution in [2.45, 2.75) is 6.54 Å². The fraction of sp³-hybridized carbons (Fsp3) is 0.0667. The SMILES string of the molecule is O=C(O)c1cn(Cc2ccoc2)c2ccccc2c1=O. The lowest BCUT2D eigenvalue weighted by Gasteiger charge is -2.11. The molecule has 3 aromatic rings. The first-order chi connectivity index (χ1) is 9.66. The van der Waals surface area contributed by atoms with Gasteiger partial charge in [-0.3, -0.25) is 4.79 Å². The quantitative estimate of drug-likeness (QED) is 0.792. The minimum Gasteiger partial charge on any atom is -0.477 e. The summed E-state index contributed by atoms with van der Waals surface area (Å²) in [4.78, 5) is 23.3. The van der Waals surface area contributed by atoms with Crippen molar-refractivity contribution in [1.82, 2.24) is 4.57 Å². The van der Waals surface area contributed by atoms with Crippen molar-refractivity contribution < 1.29 is 14.3 Å². The van der Waals surface area contributed by atoms with E-state index in [4.69, 9.17) is 9.52 Å². The van der Waals surface area contributed by atoms with Crippen LogP contribution in [0.1, 0.15) is 15.9 Å². The Morgan fingerprint density at radius 1 is 1.25 bits per heavy atom. The molecule has 0 bridgehead atoms. The molecule has 0 spiro atoms. The lowest BCUT2D eigenvalue weighted by atomic mass is 10.1. The topological polar surface area (TPSA) is 72.4 Å². The van der Waals surface area contributed by atoms with Crippen LogP contribution in [0.15, 0.2) is 58.3 Å². The fourth-order valence-corrected chi connectivity index (χ4v) is 2.21. The highest BCUT2D eigenvalue weighted by Gasteiger charge is 2.14. The van der Waals surface area contributed by atoms with Gasteiger partial charge in [0.05, 0.1) is 24.6 Å². The van der Waals surface area contributed by atoms with Gasteiger partial charge >= 0.3 is 5.97 Å². The number of aromatic nitrogens is 1. The maximum absolute atomic E-state index is 12.1. The second-order valence-electron chi connectivity index (χ2n) is 4.45. The molecule has 0 saturated heterocycles. The summed E-state index contributed by atoms with van der Waals surface area (Å²) in [7, 11) is 0. The molecule has 0 aliphatic heterocycles. The van der Waals surface area contributed by atoms with E-state index >= 15 is 0 Å². The number of para-hydroxylation sites is 1. The smallest absolute Gasteiger partial charge is 0.341 e. The third-order valence-corrected chi connectivity index (χ3v) is 3.15. The summed E-state index contributed by atoms with van der Waals surface area (Å²) in [5.41, 5.74) is 0.905. The number of fused-ring (bicyclic) bond motifs is 1. The summed E-state index contributed by atoms with van der Waals surface area (Å²) >= 11 is 0. The highest BCUT2D eigenvalue weighted by molar-refractivity contribution is 5.92. The highest BCUT2D eigenvalue weighted by atomic mass is 16.4. The molecule has 5 heteroatoms. The van der Waals surface area contributed by atoms with Gasteiger partial charge in [0.2, 0.25) is 5.43 Å². The molecule has 1 N–H and O–H groups in total. The van der Waals surface area contributed by atoms with Crippen molar-refractivity contribution >= 4 is 16.9 Å². The molecule has 5 nitrogen and oxygen atoms in total. The van der Waals surface area contributed by atoms with Gasteiger partial charge in [-0.05, 0) is 18.2 Å². The molecule has 0 saturated carbocycles. The number of pyridine rings is 1. The van der Waals surface area contributed by atoms with Crippen LogP contribution in [0.4, 0.5) is 0 Å². The predicted molar refractivity (Wildman–Crippen MR) is 73.0 cm³/mol. The molecule has 20 heavy (non-hydrogen) atoms. The van der Waals surface area contributed by atoms with Crippen molar-refractivity contribution in [1.29, 1.82) is 0 Å². The van der Waals surface area contributed by atoms with Crippen molar-refractivity contribution in [3.8, 4) is 0 Å². The van der Waals surface area contributed by atoms with E-state index in [1.54, 1.807) is 41.4 Å². The van der Waals surface area contributed by atoms with Gasteiger partial charge in [0, 0.05) is 17.1 Å². The Morgan fingerprint density at radius 2 is 2.05 bits per heavy atom. The van der Waals surface area contributed by atoms with E-state index in [1.807, 2.05) is 6.07 Å². The van der Waals surface area contributed by atoms with Gasteiger partial charge < -0.3 is 14.1 Å². The zero-order valence-corrected chi connectivity index (χ0v) is 10.4. The highest BCUT2D eigenvalue weighted by Crippen LogP contribution is 2.14. The number of carbonyl (C=O) groups is 1. The summed E-state index contributed by atoms with van der Waals surface area (Å²) in [6.07, 6.45) is 4.52. The first-order valence-corrected chi connectivity index (χ1v) is 6.03. The summed E-state index contributed by atoms with van der Waals surface area (Å²) < 4.78 is 6.75. The third-order valence-electron chi connectivity index (χ3n) is 3.15. The van der Waals surface area contributed by atoms with Gasteiger partial charge in [-0.2, -0.15) is 0 Å². The zero-order valence-electron chi connectivity index (χ0n) is 10.4. The molecule has 3 rings (SSSR count). The van der Waals surface area contributed by atoms with Crippen LogP contribution < -0.4 is 5.43 Å². The number of carboxylic acids is 1. The lowest BCUT2D eigenvalue weighted by Crippen LogP contribution is -2.19. The summed E-state index contributed by atoms with van der Waals surface area (Å²) in [6.45, 7) is 0.442. The Balaban J connectivity index is 2.27. The number of rotatable bonds is 3. The van der Waals surface area contributed by atoms with Gasteiger partial charge in [-0.25, -0.2) is 4.79 Å². The number of nitrogens with zero attached hydrogens (tertiary/aromatic N) is 1. The van der Waals surface area contributed by atoms with Crippen LogP contribution in [-0.2, 0) is 6.54 Å². The Bertz CT molecular complexity index is 831. The van der Waals surface area contributed by atoms with E-state index in [9.17, 15) is 9.59 Å². The summed E-state index contributed by atoms with van der Waals surface area (Å²) in [5.74, 6) is -1.22. The largest absolute Gasteiger partial charge is 0.477 e. The molecule has 1 aromatic carbocycles. The van der Waals surface area contributed by atoms with E-state index in [2.05, 4.69) is 0 Å². The van der Waals surface area contributed by atoms with Crippen LogP contribution >= 0.6 is 0 Å². The Labute approximate surface area is 113 Å². The van der Waals surface area contributed by atoms with Gasteiger partial charge in [-0.15, -0.1) is 0 Å². The monoisotopic (exact) mass is 269 g/mol. The second kappa shape index (κ2) is 4.70. The molecular weight excluding hydrogens is 258 g/mol. The number of aromatic carboxylic acids is 1. The van der Waals surface area contributed by atoms with Crippen LogP contribution in [0.3, 0.4) is 0 Å². The normalized spacial score (nSPS) is 10.8. The van der Waals surface area contributed by atoms with E-state index < -0.39 is 11.4 Å². The average Bonchev–Trinajstić information content (AvgIpc) is 2.94. The molecule has 0 unspecified atom stereocenters. The Kier molecular flexibility index (Phi) is 2.87. The van der Waals surface area contributed by atoms with Crippen LogP contribution in [0.25, 0.3) is 10.9 Å². The Hall–Kier alpha value is -2.82. The number of benzene rings is 1. The molecule has 2 heterocycles. The minimum absolute atomic E-state index is 0.229. The molecule has 0 aliphatic rings. The molecule has 0 fully saturated rings. The maximum atomic E-state index is 12.1. The zero-order chi connectivity index (χ0) is 14.1. The Morgan fingerprint density at radius 3 is 2.75 bits per heavy atom. The number of hydrogen-bond acceptors (Lipinski definition) is 3. The van der Waals surface area contributed by atoms with Crippen molar-refractivity contribution in [3.63, 3.8) is 0 Å². The van der Waals surface area contributed by atoms with Gasteiger partial charge in [-0.1, -0.05) is 12.1 Å². The summed E-state index contributed by atoms with van der Waals surface area (Å²) in [6, 6.07) is 8.76. The average molecular weight is 269 g/mol. The fourth-order valence-electron chi connectivity index (χ4n) is 2.21. The minimum atomic E-state index is -1.22. The summed E-state index contributed by atoms with van der Waals surface area (Å²) in [5, 5.41) is 9.54. The third kappa shape index (κ3) is 1.99. The van der Waals surface area contributed by atoms with Gasteiger partial charge in [0.25, 0.3) is 0 Å². The maximum Gasteiger partial charge on any atom is 0.341 e. The van der Waals surface area contributed by atoms with Gasteiger partial charge in [0.1, 0.15) is 5.56 Å². The van der Waals surface area contributed by atoms with Crippen molar-refractivity contribution in [2.24, 2.45) is 0 Å². The number of furan rings is 1. The van der Waals surface area contributed by atoms with Crippen LogP contribution in [0.2, 0.25) is 0 Å². The van der Waals surface area contributed by atoms with Crippen LogP contribution in [-0.4, -0.2) is 15.6 Å². The molecule has 0 aliphatic carbocycles. The molecule has 0 radical (unpaired) electrons.